The summed E-state index contributed by atoms with van der Waals surface area (Å²) in [6.07, 6.45) is 7.95. The van der Waals surface area contributed by atoms with Gasteiger partial charge in [0.25, 0.3) is 0 Å². The normalized spacial score (nSPS) is 12.6. The van der Waals surface area contributed by atoms with Gasteiger partial charge >= 0.3 is 0 Å². The molecule has 19 heavy (non-hydrogen) atoms. The van der Waals surface area contributed by atoms with Crippen molar-refractivity contribution in [1.29, 1.82) is 0 Å². The molecule has 1 N–H and O–H groups in total. The van der Waals surface area contributed by atoms with Crippen LogP contribution in [-0.2, 0) is 13.5 Å². The van der Waals surface area contributed by atoms with Gasteiger partial charge in [-0.2, -0.15) is 5.10 Å². The fourth-order valence-corrected chi connectivity index (χ4v) is 2.26. The van der Waals surface area contributed by atoms with Gasteiger partial charge < -0.3 is 5.32 Å². The molecule has 0 spiro atoms. The van der Waals surface area contributed by atoms with Gasteiger partial charge in [0.2, 0.25) is 0 Å². The summed E-state index contributed by atoms with van der Waals surface area (Å²) in [7, 11) is 1.95. The number of hydrogen-bond donors (Lipinski definition) is 1. The van der Waals surface area contributed by atoms with E-state index in [1.807, 2.05) is 30.2 Å². The first-order chi connectivity index (χ1) is 9.19. The Kier molecular flexibility index (Phi) is 4.68. The van der Waals surface area contributed by atoms with E-state index >= 15 is 0 Å². The number of aryl methyl sites for hydroxylation is 3. The topological polar surface area (TPSA) is 42.7 Å². The summed E-state index contributed by atoms with van der Waals surface area (Å²) in [5.74, 6) is 0. The SMILES string of the molecule is CCNC(CCc1cnn(C)c1)c1cc(C)ccn1. The number of aromatic nitrogens is 3. The van der Waals surface area contributed by atoms with Crippen molar-refractivity contribution >= 4 is 0 Å². The average molecular weight is 258 g/mol. The van der Waals surface area contributed by atoms with E-state index in [-0.39, 0.29) is 0 Å². The van der Waals surface area contributed by atoms with Crippen molar-refractivity contribution in [2.45, 2.75) is 32.7 Å². The maximum Gasteiger partial charge on any atom is 0.0575 e. The van der Waals surface area contributed by atoms with E-state index in [1.54, 1.807) is 0 Å². The Hall–Kier alpha value is -1.68. The van der Waals surface area contributed by atoms with Crippen LogP contribution in [0, 0.1) is 6.92 Å². The highest BCUT2D eigenvalue weighted by atomic mass is 15.2. The Morgan fingerprint density at radius 2 is 2.26 bits per heavy atom. The third kappa shape index (κ3) is 3.89. The summed E-state index contributed by atoms with van der Waals surface area (Å²) in [5.41, 5.74) is 3.66. The molecule has 0 aromatic carbocycles. The molecule has 2 rings (SSSR count). The average Bonchev–Trinajstić information content (AvgIpc) is 2.80. The summed E-state index contributed by atoms with van der Waals surface area (Å²) >= 11 is 0. The summed E-state index contributed by atoms with van der Waals surface area (Å²) in [6, 6.07) is 4.51. The number of nitrogens with one attached hydrogen (secondary N) is 1. The molecule has 2 aromatic heterocycles. The zero-order chi connectivity index (χ0) is 13.7. The molecule has 4 nitrogen and oxygen atoms in total. The molecule has 2 aromatic rings. The number of pyridine rings is 1. The zero-order valence-electron chi connectivity index (χ0n) is 11.9. The van der Waals surface area contributed by atoms with Gasteiger partial charge in [0.05, 0.1) is 11.9 Å². The molecule has 0 aliphatic heterocycles. The maximum atomic E-state index is 4.49. The largest absolute Gasteiger partial charge is 0.309 e. The van der Waals surface area contributed by atoms with Crippen LogP contribution < -0.4 is 5.32 Å². The van der Waals surface area contributed by atoms with E-state index in [2.05, 4.69) is 41.5 Å². The highest BCUT2D eigenvalue weighted by Crippen LogP contribution is 2.18. The smallest absolute Gasteiger partial charge is 0.0575 e. The van der Waals surface area contributed by atoms with E-state index in [0.29, 0.717) is 6.04 Å². The van der Waals surface area contributed by atoms with Crippen molar-refractivity contribution in [2.75, 3.05) is 6.54 Å². The first kappa shape index (κ1) is 13.7. The van der Waals surface area contributed by atoms with Crippen LogP contribution in [0.15, 0.2) is 30.7 Å². The molecule has 0 saturated carbocycles. The quantitative estimate of drug-likeness (QED) is 0.865. The van der Waals surface area contributed by atoms with Gasteiger partial charge in [-0.25, -0.2) is 0 Å². The molecule has 0 saturated heterocycles. The molecule has 0 radical (unpaired) electrons. The Balaban J connectivity index is 2.03. The first-order valence-corrected chi connectivity index (χ1v) is 6.82. The summed E-state index contributed by atoms with van der Waals surface area (Å²) in [4.78, 5) is 4.49. The molecule has 0 aliphatic carbocycles. The van der Waals surface area contributed by atoms with Crippen molar-refractivity contribution in [3.8, 4) is 0 Å². The first-order valence-electron chi connectivity index (χ1n) is 6.82. The van der Waals surface area contributed by atoms with Gasteiger partial charge in [0.15, 0.2) is 0 Å². The van der Waals surface area contributed by atoms with Crippen molar-refractivity contribution < 1.29 is 0 Å². The molecule has 0 bridgehead atoms. The maximum absolute atomic E-state index is 4.49. The van der Waals surface area contributed by atoms with Gasteiger partial charge in [0.1, 0.15) is 0 Å². The zero-order valence-corrected chi connectivity index (χ0v) is 11.9. The Labute approximate surface area is 114 Å². The third-order valence-corrected chi connectivity index (χ3v) is 3.22. The third-order valence-electron chi connectivity index (χ3n) is 3.22. The molecule has 1 atom stereocenters. The molecule has 0 aliphatic rings. The van der Waals surface area contributed by atoms with Crippen molar-refractivity contribution in [2.24, 2.45) is 7.05 Å². The fourth-order valence-electron chi connectivity index (χ4n) is 2.26. The molecule has 2 heterocycles. The van der Waals surface area contributed by atoms with Crippen LogP contribution in [0.25, 0.3) is 0 Å². The van der Waals surface area contributed by atoms with Crippen LogP contribution in [0.4, 0.5) is 0 Å². The fraction of sp³-hybridized carbons (Fsp3) is 0.467. The van der Waals surface area contributed by atoms with E-state index in [9.17, 15) is 0 Å². The lowest BCUT2D eigenvalue weighted by Crippen LogP contribution is -2.22. The lowest BCUT2D eigenvalue weighted by atomic mass is 10.0. The van der Waals surface area contributed by atoms with E-state index in [1.165, 1.54) is 11.1 Å². The minimum Gasteiger partial charge on any atom is -0.309 e. The Morgan fingerprint density at radius 3 is 2.89 bits per heavy atom. The second kappa shape index (κ2) is 6.48. The van der Waals surface area contributed by atoms with Crippen molar-refractivity contribution in [1.82, 2.24) is 20.1 Å². The second-order valence-electron chi connectivity index (χ2n) is 4.93. The van der Waals surface area contributed by atoms with E-state index in [4.69, 9.17) is 0 Å². The second-order valence-corrected chi connectivity index (χ2v) is 4.93. The van der Waals surface area contributed by atoms with Gasteiger partial charge in [-0.1, -0.05) is 6.92 Å². The van der Waals surface area contributed by atoms with Gasteiger partial charge in [-0.3, -0.25) is 9.67 Å². The highest BCUT2D eigenvalue weighted by molar-refractivity contribution is 5.18. The van der Waals surface area contributed by atoms with Crippen LogP contribution in [0.2, 0.25) is 0 Å². The van der Waals surface area contributed by atoms with E-state index in [0.717, 1.165) is 25.1 Å². The Bertz CT molecular complexity index is 518. The lowest BCUT2D eigenvalue weighted by molar-refractivity contribution is 0.503. The summed E-state index contributed by atoms with van der Waals surface area (Å²) in [5, 5.41) is 7.72. The van der Waals surface area contributed by atoms with Crippen molar-refractivity contribution in [3.05, 3.63) is 47.5 Å². The molecule has 0 fully saturated rings. The van der Waals surface area contributed by atoms with Crippen LogP contribution >= 0.6 is 0 Å². The number of nitrogens with zero attached hydrogens (tertiary/aromatic N) is 3. The van der Waals surface area contributed by atoms with Crippen LogP contribution in [0.3, 0.4) is 0 Å². The summed E-state index contributed by atoms with van der Waals surface area (Å²) in [6.45, 7) is 5.19. The number of rotatable bonds is 6. The molecule has 4 heteroatoms. The van der Waals surface area contributed by atoms with Gasteiger partial charge in [-0.15, -0.1) is 0 Å². The standard InChI is InChI=1S/C15H22N4/c1-4-16-14(15-9-12(2)7-8-17-15)6-5-13-10-18-19(3)11-13/h7-11,14,16H,4-6H2,1-3H3. The minimum absolute atomic E-state index is 0.310. The monoisotopic (exact) mass is 258 g/mol. The van der Waals surface area contributed by atoms with Crippen LogP contribution in [-0.4, -0.2) is 21.3 Å². The van der Waals surface area contributed by atoms with Crippen LogP contribution in [0.5, 0.6) is 0 Å². The Morgan fingerprint density at radius 1 is 1.42 bits per heavy atom. The van der Waals surface area contributed by atoms with Crippen molar-refractivity contribution in [3.63, 3.8) is 0 Å². The highest BCUT2D eigenvalue weighted by Gasteiger charge is 2.12. The summed E-state index contributed by atoms with van der Waals surface area (Å²) < 4.78 is 1.85. The minimum atomic E-state index is 0.310. The molecule has 1 unspecified atom stereocenters. The molecular weight excluding hydrogens is 236 g/mol. The predicted molar refractivity (Wildman–Crippen MR) is 76.9 cm³/mol. The van der Waals surface area contributed by atoms with Crippen LogP contribution in [0.1, 0.15) is 36.2 Å². The molecule has 0 amide bonds. The van der Waals surface area contributed by atoms with Gasteiger partial charge in [0, 0.05) is 25.5 Å². The molecule has 102 valence electrons. The lowest BCUT2D eigenvalue weighted by Gasteiger charge is -2.17. The molecular formula is C15H22N4. The van der Waals surface area contributed by atoms with Gasteiger partial charge in [-0.05, 0) is 49.6 Å². The number of hydrogen-bond acceptors (Lipinski definition) is 3. The van der Waals surface area contributed by atoms with E-state index < -0.39 is 0 Å². The predicted octanol–water partition coefficient (Wildman–Crippen LogP) is 2.41.